The first-order valence-electron chi connectivity index (χ1n) is 16.1. The van der Waals surface area contributed by atoms with E-state index in [2.05, 4.69) is 4.90 Å². The molecule has 6 rings (SSSR count). The fraction of sp³-hybridized carbons (Fsp3) is 0.588. The van der Waals surface area contributed by atoms with Gasteiger partial charge in [-0.15, -0.1) is 0 Å². The van der Waals surface area contributed by atoms with E-state index < -0.39 is 76.3 Å². The Morgan fingerprint density at radius 1 is 1.07 bits per heavy atom. The third-order valence-corrected chi connectivity index (χ3v) is 11.9. The van der Waals surface area contributed by atoms with E-state index in [9.17, 15) is 39.6 Å². The van der Waals surface area contributed by atoms with Crippen LogP contribution in [0, 0.1) is 11.8 Å². The molecule has 1 saturated heterocycles. The molecule has 10 nitrogen and oxygen atoms in total. The van der Waals surface area contributed by atoms with Crippen molar-refractivity contribution in [1.29, 1.82) is 0 Å². The van der Waals surface area contributed by atoms with Crippen molar-refractivity contribution in [3.05, 3.63) is 46.2 Å². The van der Waals surface area contributed by atoms with Gasteiger partial charge in [-0.25, -0.2) is 0 Å². The maximum atomic E-state index is 14.5. The molecule has 0 unspecified atom stereocenters. The second-order valence-corrected chi connectivity index (χ2v) is 14.3. The smallest absolute Gasteiger partial charge is 0.305 e. The third-order valence-electron chi connectivity index (χ3n) is 10.4. The highest BCUT2D eigenvalue weighted by molar-refractivity contribution is 7.99. The number of phenolic OH excluding ortho intramolecular Hbond substituents is 1. The summed E-state index contributed by atoms with van der Waals surface area (Å²) in [4.78, 5) is 56.4. The average molecular weight is 640 g/mol. The monoisotopic (exact) mass is 639 g/mol. The number of esters is 1. The van der Waals surface area contributed by atoms with Gasteiger partial charge in [0.05, 0.1) is 5.56 Å². The van der Waals surface area contributed by atoms with Crippen LogP contribution in [-0.2, 0) is 23.9 Å². The van der Waals surface area contributed by atoms with E-state index in [1.54, 1.807) is 30.8 Å². The lowest BCUT2D eigenvalue weighted by molar-refractivity contribution is -0.178. The third kappa shape index (κ3) is 5.40. The molecular formula is C34H41NO9S. The zero-order chi connectivity index (χ0) is 32.0. The van der Waals surface area contributed by atoms with E-state index in [0.29, 0.717) is 23.1 Å². The van der Waals surface area contributed by atoms with Crippen molar-refractivity contribution in [2.45, 2.75) is 87.6 Å². The standard InChI is InChI=1S/C34H41NO9S/c1-2-25(39)44-31-21-16-24(38)28(23(37)12-15-35-13-5-6-14-35)32(41)34(21,43)33(42)29-27(31)20(17-45-18-8-3-4-9-18)19-10-7-11-22(36)26(19)30(29)40/h7,10-11,18,20-21,27,31,36,40-41,43H,2-6,8-9,12-17H2,1H3/t20-,21+,27+,31+,34+/m0/s1. The lowest BCUT2D eigenvalue weighted by atomic mass is 9.55. The van der Waals surface area contributed by atoms with Gasteiger partial charge < -0.3 is 30.1 Å². The van der Waals surface area contributed by atoms with Crippen molar-refractivity contribution in [2.75, 3.05) is 25.4 Å². The summed E-state index contributed by atoms with van der Waals surface area (Å²) >= 11 is 1.72. The molecule has 5 aliphatic rings. The number of allylic oxidation sites excluding steroid dienone is 1. The maximum absolute atomic E-state index is 14.5. The number of hydrogen-bond donors (Lipinski definition) is 4. The molecule has 0 amide bonds. The molecule has 1 aromatic carbocycles. The SMILES string of the molecule is CCC(=O)O[C@H]1[C@H]2C(=C(O)c3c(O)cccc3[C@@H]2CSC2CCCC2)C(=O)[C@]2(O)C(O)=C(C(=O)CCN3CCCC3)C(=O)C[C@H]12. The number of Topliss-reactive ketones (excluding diaryl/α,β-unsaturated/α-hetero) is 3. The molecule has 1 aromatic rings. The number of carbonyl (C=O) groups is 4. The highest BCUT2D eigenvalue weighted by atomic mass is 32.2. The number of rotatable bonds is 9. The minimum atomic E-state index is -2.80. The summed E-state index contributed by atoms with van der Waals surface area (Å²) < 4.78 is 5.95. The van der Waals surface area contributed by atoms with Crippen LogP contribution < -0.4 is 0 Å². The molecule has 11 heteroatoms. The molecule has 2 saturated carbocycles. The van der Waals surface area contributed by atoms with E-state index in [0.717, 1.165) is 51.6 Å². The number of likely N-dealkylation sites (tertiary alicyclic amines) is 1. The van der Waals surface area contributed by atoms with Crippen molar-refractivity contribution in [3.8, 4) is 5.75 Å². The van der Waals surface area contributed by atoms with Gasteiger partial charge in [0.1, 0.15) is 28.9 Å². The predicted molar refractivity (Wildman–Crippen MR) is 167 cm³/mol. The number of aliphatic hydroxyl groups excluding tert-OH is 2. The number of benzene rings is 1. The van der Waals surface area contributed by atoms with Crippen LogP contribution in [0.4, 0.5) is 0 Å². The number of ether oxygens (including phenoxy) is 1. The number of thioether (sulfide) groups is 1. The second-order valence-electron chi connectivity index (χ2n) is 13.0. The first kappa shape index (κ1) is 31.8. The van der Waals surface area contributed by atoms with Gasteiger partial charge in [-0.3, -0.25) is 19.2 Å². The molecule has 5 atom stereocenters. The van der Waals surface area contributed by atoms with Crippen molar-refractivity contribution in [3.63, 3.8) is 0 Å². The number of ketones is 3. The summed E-state index contributed by atoms with van der Waals surface area (Å²) in [7, 11) is 0. The molecule has 0 spiro atoms. The molecule has 1 aliphatic heterocycles. The Morgan fingerprint density at radius 2 is 1.78 bits per heavy atom. The van der Waals surface area contributed by atoms with Gasteiger partial charge in [0, 0.05) is 60.1 Å². The topological polar surface area (TPSA) is 162 Å². The molecule has 4 N–H and O–H groups in total. The number of fused-ring (bicyclic) bond motifs is 3. The molecule has 45 heavy (non-hydrogen) atoms. The number of aromatic hydroxyl groups is 1. The van der Waals surface area contributed by atoms with Crippen LogP contribution in [0.5, 0.6) is 5.75 Å². The Bertz CT molecular complexity index is 1470. The van der Waals surface area contributed by atoms with Crippen molar-refractivity contribution in [2.24, 2.45) is 11.8 Å². The van der Waals surface area contributed by atoms with Crippen LogP contribution in [0.25, 0.3) is 5.76 Å². The number of aliphatic hydroxyl groups is 3. The average Bonchev–Trinajstić information content (AvgIpc) is 3.74. The van der Waals surface area contributed by atoms with Gasteiger partial charge in [0.25, 0.3) is 0 Å². The number of hydrogen-bond acceptors (Lipinski definition) is 11. The highest BCUT2D eigenvalue weighted by Gasteiger charge is 2.66. The van der Waals surface area contributed by atoms with Crippen LogP contribution in [0.3, 0.4) is 0 Å². The summed E-state index contributed by atoms with van der Waals surface area (Å²) in [5.74, 6) is -7.39. The zero-order valence-electron chi connectivity index (χ0n) is 25.5. The predicted octanol–water partition coefficient (Wildman–Crippen LogP) is 4.14. The van der Waals surface area contributed by atoms with Crippen molar-refractivity contribution in [1.82, 2.24) is 4.90 Å². The lowest BCUT2D eigenvalue weighted by Gasteiger charge is -2.52. The summed E-state index contributed by atoms with van der Waals surface area (Å²) in [6.45, 7) is 3.62. The lowest BCUT2D eigenvalue weighted by Crippen LogP contribution is -2.64. The first-order valence-corrected chi connectivity index (χ1v) is 17.2. The Kier molecular flexibility index (Phi) is 8.88. The number of nitrogens with zero attached hydrogens (tertiary/aromatic N) is 1. The fourth-order valence-corrected chi connectivity index (χ4v) is 9.59. The first-order chi connectivity index (χ1) is 21.6. The van der Waals surface area contributed by atoms with Crippen LogP contribution in [0.1, 0.15) is 81.8 Å². The van der Waals surface area contributed by atoms with Crippen LogP contribution in [0.15, 0.2) is 35.1 Å². The minimum absolute atomic E-state index is 0.0256. The van der Waals surface area contributed by atoms with Crippen LogP contribution >= 0.6 is 11.8 Å². The summed E-state index contributed by atoms with van der Waals surface area (Å²) in [6, 6.07) is 4.79. The second kappa shape index (κ2) is 12.6. The van der Waals surface area contributed by atoms with Crippen molar-refractivity contribution >= 4 is 40.8 Å². The Balaban J connectivity index is 1.47. The van der Waals surface area contributed by atoms with E-state index >= 15 is 0 Å². The van der Waals surface area contributed by atoms with Gasteiger partial charge in [-0.2, -0.15) is 11.8 Å². The van der Waals surface area contributed by atoms with Gasteiger partial charge in [0.15, 0.2) is 17.2 Å². The van der Waals surface area contributed by atoms with Crippen molar-refractivity contribution < 1.29 is 44.3 Å². The molecule has 0 bridgehead atoms. The summed E-state index contributed by atoms with van der Waals surface area (Å²) in [5.41, 5.74) is -3.07. The maximum Gasteiger partial charge on any atom is 0.305 e. The molecule has 1 heterocycles. The molecule has 4 aliphatic carbocycles. The van der Waals surface area contributed by atoms with Crippen LogP contribution in [-0.4, -0.2) is 91.0 Å². The normalized spacial score (nSPS) is 30.4. The molecule has 3 fully saturated rings. The molecule has 0 aromatic heterocycles. The fourth-order valence-electron chi connectivity index (χ4n) is 8.05. The Labute approximate surface area is 266 Å². The number of carbonyl (C=O) groups excluding carboxylic acids is 4. The van der Waals surface area contributed by atoms with Gasteiger partial charge in [0.2, 0.25) is 5.78 Å². The highest BCUT2D eigenvalue weighted by Crippen LogP contribution is 2.57. The van der Waals surface area contributed by atoms with Crippen LogP contribution in [0.2, 0.25) is 0 Å². The molecule has 0 radical (unpaired) electrons. The molecule has 242 valence electrons. The number of phenols is 1. The largest absolute Gasteiger partial charge is 0.508 e. The van der Waals surface area contributed by atoms with Gasteiger partial charge in [-0.1, -0.05) is 31.9 Å². The zero-order valence-corrected chi connectivity index (χ0v) is 26.3. The van der Waals surface area contributed by atoms with E-state index in [1.165, 1.54) is 6.07 Å². The van der Waals surface area contributed by atoms with Gasteiger partial charge in [-0.05, 0) is 50.4 Å². The Morgan fingerprint density at radius 3 is 2.47 bits per heavy atom. The Hall–Kier alpha value is -3.15. The van der Waals surface area contributed by atoms with Gasteiger partial charge >= 0.3 is 5.97 Å². The van der Waals surface area contributed by atoms with E-state index in [1.807, 2.05) is 0 Å². The minimum Gasteiger partial charge on any atom is -0.508 e. The summed E-state index contributed by atoms with van der Waals surface area (Å²) in [6.07, 6.45) is 4.45. The summed E-state index contributed by atoms with van der Waals surface area (Å²) in [5, 5.41) is 46.6. The molecular weight excluding hydrogens is 598 g/mol. The quantitative estimate of drug-likeness (QED) is 0.227. The van der Waals surface area contributed by atoms with E-state index in [-0.39, 0.29) is 29.7 Å². The van der Waals surface area contributed by atoms with E-state index in [4.69, 9.17) is 4.74 Å².